The third-order valence-corrected chi connectivity index (χ3v) is 4.88. The van der Waals surface area contributed by atoms with E-state index in [4.69, 9.17) is 14.6 Å². The molecule has 1 heterocycles. The van der Waals surface area contributed by atoms with Gasteiger partial charge in [0.05, 0.1) is 38.0 Å². The van der Waals surface area contributed by atoms with Gasteiger partial charge in [0.1, 0.15) is 17.3 Å². The number of carbonyl (C=O) groups is 2. The van der Waals surface area contributed by atoms with E-state index >= 15 is 0 Å². The van der Waals surface area contributed by atoms with E-state index in [0.29, 0.717) is 17.9 Å². The number of halogens is 1. The molecule has 2 N–H and O–H groups in total. The lowest BCUT2D eigenvalue weighted by Gasteiger charge is -2.25. The first kappa shape index (κ1) is 22.5. The molecular formula is C23H24FNO6. The minimum absolute atomic E-state index is 0.0806. The number of rotatable bonds is 9. The Balaban J connectivity index is 2.03. The number of aliphatic hydroxyl groups is 2. The summed E-state index contributed by atoms with van der Waals surface area (Å²) >= 11 is 0. The predicted molar refractivity (Wildman–Crippen MR) is 111 cm³/mol. The standard InChI is InChI=1S/C23H24FNO6/c1-2-31-18-9-5-15(6-10-18)20-19(21(27)16-3-7-17(24)8-4-16)22(28)23(29)25(20)11-13-30-14-12-26/h3-10,20,26-27H,2,11-14H2,1H3/b21-19+. The van der Waals surface area contributed by atoms with Gasteiger partial charge in [-0.3, -0.25) is 9.59 Å². The highest BCUT2D eigenvalue weighted by atomic mass is 19.1. The minimum atomic E-state index is -0.849. The van der Waals surface area contributed by atoms with Gasteiger partial charge in [-0.2, -0.15) is 0 Å². The van der Waals surface area contributed by atoms with E-state index < -0.39 is 23.5 Å². The monoisotopic (exact) mass is 429 g/mol. The second-order valence-corrected chi connectivity index (χ2v) is 6.84. The first-order chi connectivity index (χ1) is 15.0. The molecule has 1 fully saturated rings. The number of carbonyl (C=O) groups excluding carboxylic acids is 2. The molecule has 2 aromatic rings. The molecule has 164 valence electrons. The fourth-order valence-electron chi connectivity index (χ4n) is 3.46. The summed E-state index contributed by atoms with van der Waals surface area (Å²) in [6, 6.07) is 11.1. The van der Waals surface area contributed by atoms with E-state index in [0.717, 1.165) is 0 Å². The van der Waals surface area contributed by atoms with E-state index in [1.54, 1.807) is 24.3 Å². The number of hydrogen-bond acceptors (Lipinski definition) is 6. The van der Waals surface area contributed by atoms with Crippen molar-refractivity contribution in [3.05, 3.63) is 71.0 Å². The molecule has 0 bridgehead atoms. The van der Waals surface area contributed by atoms with Crippen molar-refractivity contribution in [2.24, 2.45) is 0 Å². The zero-order valence-corrected chi connectivity index (χ0v) is 17.1. The maximum absolute atomic E-state index is 13.3. The fraction of sp³-hybridized carbons (Fsp3) is 0.304. The summed E-state index contributed by atoms with van der Waals surface area (Å²) in [5.41, 5.74) is 0.753. The van der Waals surface area contributed by atoms with Gasteiger partial charge in [-0.1, -0.05) is 12.1 Å². The zero-order chi connectivity index (χ0) is 22.4. The van der Waals surface area contributed by atoms with E-state index in [1.165, 1.54) is 29.2 Å². The average molecular weight is 429 g/mol. The predicted octanol–water partition coefficient (Wildman–Crippen LogP) is 2.66. The van der Waals surface area contributed by atoms with Gasteiger partial charge in [-0.15, -0.1) is 0 Å². The molecule has 3 rings (SSSR count). The molecule has 1 aliphatic heterocycles. The Morgan fingerprint density at radius 3 is 2.35 bits per heavy atom. The summed E-state index contributed by atoms with van der Waals surface area (Å²) in [6.07, 6.45) is 0. The molecule has 1 amide bonds. The molecule has 0 aromatic heterocycles. The molecule has 2 aromatic carbocycles. The normalized spacial score (nSPS) is 17.9. The van der Waals surface area contributed by atoms with Crippen molar-refractivity contribution >= 4 is 17.4 Å². The van der Waals surface area contributed by atoms with Gasteiger partial charge in [0.15, 0.2) is 0 Å². The number of Topliss-reactive ketones (excluding diaryl/α,β-unsaturated/α-hetero) is 1. The van der Waals surface area contributed by atoms with Crippen LogP contribution in [0.4, 0.5) is 4.39 Å². The summed E-state index contributed by atoms with van der Waals surface area (Å²) in [5, 5.41) is 19.7. The smallest absolute Gasteiger partial charge is 0.295 e. The van der Waals surface area contributed by atoms with Crippen LogP contribution < -0.4 is 4.74 Å². The number of aliphatic hydroxyl groups excluding tert-OH is 2. The van der Waals surface area contributed by atoms with Crippen LogP contribution in [-0.4, -0.2) is 59.8 Å². The number of hydrogen-bond donors (Lipinski definition) is 2. The lowest BCUT2D eigenvalue weighted by molar-refractivity contribution is -0.140. The van der Waals surface area contributed by atoms with Gasteiger partial charge in [0, 0.05) is 12.1 Å². The van der Waals surface area contributed by atoms with Gasteiger partial charge >= 0.3 is 0 Å². The molecule has 1 atom stereocenters. The van der Waals surface area contributed by atoms with E-state index in [2.05, 4.69) is 0 Å². The maximum atomic E-state index is 13.3. The van der Waals surface area contributed by atoms with Crippen molar-refractivity contribution in [2.75, 3.05) is 33.0 Å². The van der Waals surface area contributed by atoms with Gasteiger partial charge < -0.3 is 24.6 Å². The molecular weight excluding hydrogens is 405 g/mol. The van der Waals surface area contributed by atoms with Crippen molar-refractivity contribution in [1.82, 2.24) is 4.90 Å². The lowest BCUT2D eigenvalue weighted by Crippen LogP contribution is -2.33. The lowest BCUT2D eigenvalue weighted by atomic mass is 9.95. The molecule has 1 aliphatic rings. The summed E-state index contributed by atoms with van der Waals surface area (Å²) in [5.74, 6) is -1.83. The van der Waals surface area contributed by atoms with Crippen LogP contribution in [0.3, 0.4) is 0 Å². The second kappa shape index (κ2) is 10.2. The third kappa shape index (κ3) is 4.92. The van der Waals surface area contributed by atoms with Gasteiger partial charge in [-0.05, 0) is 48.9 Å². The topological polar surface area (TPSA) is 96.3 Å². The van der Waals surface area contributed by atoms with Crippen molar-refractivity contribution in [3.63, 3.8) is 0 Å². The van der Waals surface area contributed by atoms with Crippen LogP contribution in [-0.2, 0) is 14.3 Å². The number of amides is 1. The number of ketones is 1. The van der Waals surface area contributed by atoms with Crippen molar-refractivity contribution in [2.45, 2.75) is 13.0 Å². The summed E-state index contributed by atoms with van der Waals surface area (Å²) in [6.45, 7) is 2.49. The van der Waals surface area contributed by atoms with Crippen LogP contribution in [0.5, 0.6) is 5.75 Å². The molecule has 7 nitrogen and oxygen atoms in total. The average Bonchev–Trinajstić information content (AvgIpc) is 3.02. The number of ether oxygens (including phenoxy) is 2. The Kier molecular flexibility index (Phi) is 7.38. The molecule has 0 saturated carbocycles. The summed E-state index contributed by atoms with van der Waals surface area (Å²) in [7, 11) is 0. The Hall–Kier alpha value is -3.23. The van der Waals surface area contributed by atoms with Gasteiger partial charge in [-0.25, -0.2) is 4.39 Å². The Morgan fingerprint density at radius 1 is 1.06 bits per heavy atom. The molecule has 0 radical (unpaired) electrons. The molecule has 1 unspecified atom stereocenters. The fourth-order valence-corrected chi connectivity index (χ4v) is 3.46. The number of nitrogens with zero attached hydrogens (tertiary/aromatic N) is 1. The SMILES string of the molecule is CCOc1ccc(C2/C(=C(\O)c3ccc(F)cc3)C(=O)C(=O)N2CCOCCO)cc1. The first-order valence-electron chi connectivity index (χ1n) is 9.93. The Morgan fingerprint density at radius 2 is 1.74 bits per heavy atom. The molecule has 0 spiro atoms. The third-order valence-electron chi connectivity index (χ3n) is 4.88. The quantitative estimate of drug-likeness (QED) is 0.275. The van der Waals surface area contributed by atoms with Gasteiger partial charge in [0.2, 0.25) is 0 Å². The molecule has 1 saturated heterocycles. The zero-order valence-electron chi connectivity index (χ0n) is 17.1. The van der Waals surface area contributed by atoms with Crippen LogP contribution >= 0.6 is 0 Å². The molecule has 31 heavy (non-hydrogen) atoms. The molecule has 8 heteroatoms. The summed E-state index contributed by atoms with van der Waals surface area (Å²) < 4.78 is 24.0. The first-order valence-corrected chi connectivity index (χ1v) is 9.93. The Labute approximate surface area is 179 Å². The Bertz CT molecular complexity index is 955. The van der Waals surface area contributed by atoms with Crippen LogP contribution in [0.15, 0.2) is 54.1 Å². The maximum Gasteiger partial charge on any atom is 0.295 e. The van der Waals surface area contributed by atoms with Crippen LogP contribution in [0.2, 0.25) is 0 Å². The highest BCUT2D eigenvalue weighted by Gasteiger charge is 2.45. The van der Waals surface area contributed by atoms with E-state index in [1.807, 2.05) is 6.92 Å². The van der Waals surface area contributed by atoms with Crippen LogP contribution in [0.25, 0.3) is 5.76 Å². The highest BCUT2D eigenvalue weighted by Crippen LogP contribution is 2.39. The van der Waals surface area contributed by atoms with Crippen LogP contribution in [0.1, 0.15) is 24.1 Å². The second-order valence-electron chi connectivity index (χ2n) is 6.84. The largest absolute Gasteiger partial charge is 0.507 e. The number of likely N-dealkylation sites (tertiary alicyclic amines) is 1. The van der Waals surface area contributed by atoms with E-state index in [-0.39, 0.29) is 43.3 Å². The number of benzene rings is 2. The van der Waals surface area contributed by atoms with Crippen molar-refractivity contribution in [3.8, 4) is 5.75 Å². The van der Waals surface area contributed by atoms with Crippen LogP contribution in [0, 0.1) is 5.82 Å². The van der Waals surface area contributed by atoms with Crippen molar-refractivity contribution < 1.29 is 33.7 Å². The van der Waals surface area contributed by atoms with Gasteiger partial charge in [0.25, 0.3) is 11.7 Å². The summed E-state index contributed by atoms with van der Waals surface area (Å²) in [4.78, 5) is 26.9. The van der Waals surface area contributed by atoms with E-state index in [9.17, 15) is 19.1 Å². The van der Waals surface area contributed by atoms with Crippen molar-refractivity contribution in [1.29, 1.82) is 0 Å². The minimum Gasteiger partial charge on any atom is -0.507 e. The molecule has 0 aliphatic carbocycles. The highest BCUT2D eigenvalue weighted by molar-refractivity contribution is 6.46.